The minimum Gasteiger partial charge on any atom is -0.493 e. The zero-order valence-corrected chi connectivity index (χ0v) is 12.9. The lowest BCUT2D eigenvalue weighted by Crippen LogP contribution is -1.89. The predicted octanol–water partition coefficient (Wildman–Crippen LogP) is 5.20. The Labute approximate surface area is 140 Å². The molecule has 2 aromatic carbocycles. The number of carbonyl (C=O) groups excluding carboxylic acids is 1. The van der Waals surface area contributed by atoms with Crippen molar-refractivity contribution >= 4 is 45.1 Å². The molecule has 0 saturated carbocycles. The normalized spacial score (nSPS) is 11.7. The van der Waals surface area contributed by atoms with Crippen molar-refractivity contribution in [1.29, 1.82) is 0 Å². The van der Waals surface area contributed by atoms with E-state index in [-0.39, 0.29) is 17.3 Å². The van der Waals surface area contributed by atoms with Crippen LogP contribution in [0.5, 0.6) is 5.88 Å². The Bertz CT molecular complexity index is 1080. The van der Waals surface area contributed by atoms with E-state index in [0.717, 1.165) is 5.39 Å². The van der Waals surface area contributed by atoms with Gasteiger partial charge >= 0.3 is 5.91 Å². The number of benzene rings is 2. The van der Waals surface area contributed by atoms with Crippen LogP contribution in [0, 0.1) is 0 Å². The van der Waals surface area contributed by atoms with Gasteiger partial charge in [0.25, 0.3) is 0 Å². The number of rotatable bonds is 2. The van der Waals surface area contributed by atoms with Crippen LogP contribution >= 0.6 is 11.6 Å². The molecule has 4 aromatic rings. The fourth-order valence-corrected chi connectivity index (χ4v) is 2.64. The maximum Gasteiger partial charge on any atom is 0.331 e. The first-order chi connectivity index (χ1) is 11.6. The van der Waals surface area contributed by atoms with Crippen molar-refractivity contribution in [1.82, 2.24) is 4.98 Å². The van der Waals surface area contributed by atoms with Crippen LogP contribution in [-0.2, 0) is 0 Å². The lowest BCUT2D eigenvalue weighted by atomic mass is 10.2. The van der Waals surface area contributed by atoms with Gasteiger partial charge in [-0.25, -0.2) is 0 Å². The second kappa shape index (κ2) is 5.50. The van der Waals surface area contributed by atoms with Crippen molar-refractivity contribution in [2.45, 2.75) is 0 Å². The van der Waals surface area contributed by atoms with Crippen LogP contribution in [0.4, 0.5) is 5.69 Å². The molecule has 24 heavy (non-hydrogen) atoms. The Morgan fingerprint density at radius 2 is 2.00 bits per heavy atom. The second-order valence-corrected chi connectivity index (χ2v) is 5.60. The minimum absolute atomic E-state index is 0.0808. The number of hydrogen-bond donors (Lipinski definition) is 2. The highest BCUT2D eigenvalue weighted by Crippen LogP contribution is 2.36. The number of halogens is 1. The van der Waals surface area contributed by atoms with E-state index < -0.39 is 5.91 Å². The van der Waals surface area contributed by atoms with E-state index in [9.17, 15) is 9.90 Å². The largest absolute Gasteiger partial charge is 0.493 e. The van der Waals surface area contributed by atoms with Gasteiger partial charge in [-0.05, 0) is 30.3 Å². The molecule has 0 unspecified atom stereocenters. The fraction of sp³-hybridized carbons (Fsp3) is 0. The molecule has 0 aliphatic rings. The van der Waals surface area contributed by atoms with E-state index in [1.165, 1.54) is 0 Å². The van der Waals surface area contributed by atoms with Gasteiger partial charge in [0.15, 0.2) is 11.4 Å². The van der Waals surface area contributed by atoms with Crippen LogP contribution in [0.25, 0.3) is 21.9 Å². The summed E-state index contributed by atoms with van der Waals surface area (Å²) in [7, 11) is 0. The van der Waals surface area contributed by atoms with Crippen LogP contribution in [0.15, 0.2) is 63.2 Å². The van der Waals surface area contributed by atoms with Gasteiger partial charge in [0.1, 0.15) is 5.58 Å². The smallest absolute Gasteiger partial charge is 0.331 e. The zero-order chi connectivity index (χ0) is 16.7. The van der Waals surface area contributed by atoms with Gasteiger partial charge in [-0.1, -0.05) is 29.8 Å². The summed E-state index contributed by atoms with van der Waals surface area (Å²) >= 11 is 5.95. The monoisotopic (exact) mass is 339 g/mol. The number of hydrogen-bond acceptors (Lipinski definition) is 4. The first kappa shape index (κ1) is 14.5. The SMILES string of the molecule is O=C(N=Nc1c(O)[nH]c2ccc(Cl)cc12)c1cc2ccccc2o1. The van der Waals surface area contributed by atoms with Crippen LogP contribution in [-0.4, -0.2) is 16.0 Å². The summed E-state index contributed by atoms with van der Waals surface area (Å²) in [4.78, 5) is 14.9. The van der Waals surface area contributed by atoms with Crippen LogP contribution in [0.1, 0.15) is 10.6 Å². The standard InChI is InChI=1S/C17H10ClN3O3/c18-10-5-6-12-11(8-10)15(17(23)19-12)20-21-16(22)14-7-9-3-1-2-4-13(9)24-14/h1-8,19,23H. The Morgan fingerprint density at radius 3 is 2.83 bits per heavy atom. The summed E-state index contributed by atoms with van der Waals surface area (Å²) in [6.07, 6.45) is 0. The second-order valence-electron chi connectivity index (χ2n) is 5.17. The number of furan rings is 1. The van der Waals surface area contributed by atoms with Crippen molar-refractivity contribution < 1.29 is 14.3 Å². The molecule has 0 aliphatic heterocycles. The van der Waals surface area contributed by atoms with E-state index in [1.54, 1.807) is 30.3 Å². The van der Waals surface area contributed by atoms with E-state index >= 15 is 0 Å². The first-order valence-corrected chi connectivity index (χ1v) is 7.44. The molecular weight excluding hydrogens is 330 g/mol. The van der Waals surface area contributed by atoms with Crippen LogP contribution in [0.2, 0.25) is 5.02 Å². The zero-order valence-electron chi connectivity index (χ0n) is 12.2. The summed E-state index contributed by atoms with van der Waals surface area (Å²) in [6.45, 7) is 0. The molecule has 0 bridgehead atoms. The summed E-state index contributed by atoms with van der Waals surface area (Å²) < 4.78 is 5.44. The molecule has 0 aliphatic carbocycles. The number of fused-ring (bicyclic) bond motifs is 2. The quantitative estimate of drug-likeness (QED) is 0.492. The highest BCUT2D eigenvalue weighted by atomic mass is 35.5. The highest BCUT2D eigenvalue weighted by Gasteiger charge is 2.14. The van der Waals surface area contributed by atoms with E-state index in [4.69, 9.17) is 16.0 Å². The average Bonchev–Trinajstić information content (AvgIpc) is 3.13. The van der Waals surface area contributed by atoms with Crippen molar-refractivity contribution in [2.75, 3.05) is 0 Å². The van der Waals surface area contributed by atoms with Crippen molar-refractivity contribution in [3.8, 4) is 5.88 Å². The average molecular weight is 340 g/mol. The number of nitrogens with zero attached hydrogens (tertiary/aromatic N) is 2. The number of H-pyrrole nitrogens is 1. The van der Waals surface area contributed by atoms with E-state index in [2.05, 4.69) is 15.2 Å². The van der Waals surface area contributed by atoms with Crippen molar-refractivity contribution in [3.05, 3.63) is 59.3 Å². The third-order valence-electron chi connectivity index (χ3n) is 3.59. The molecule has 4 rings (SSSR count). The number of para-hydroxylation sites is 1. The summed E-state index contributed by atoms with van der Waals surface area (Å²) in [5.41, 5.74) is 1.39. The van der Waals surface area contributed by atoms with Gasteiger partial charge in [0.05, 0.1) is 5.52 Å². The van der Waals surface area contributed by atoms with Gasteiger partial charge in [-0.15, -0.1) is 10.2 Å². The third-order valence-corrected chi connectivity index (χ3v) is 3.83. The number of azo groups is 1. The highest BCUT2D eigenvalue weighted by molar-refractivity contribution is 6.31. The number of aromatic amines is 1. The predicted molar refractivity (Wildman–Crippen MR) is 90.0 cm³/mol. The summed E-state index contributed by atoms with van der Waals surface area (Å²) in [5.74, 6) is -0.743. The first-order valence-electron chi connectivity index (χ1n) is 7.06. The molecule has 2 heterocycles. The molecule has 2 N–H and O–H groups in total. The van der Waals surface area contributed by atoms with E-state index in [0.29, 0.717) is 21.5 Å². The maximum absolute atomic E-state index is 12.2. The molecule has 0 spiro atoms. The molecule has 7 heteroatoms. The van der Waals surface area contributed by atoms with Gasteiger partial charge in [-0.2, -0.15) is 0 Å². The summed E-state index contributed by atoms with van der Waals surface area (Å²) in [5, 5.41) is 19.3. The van der Waals surface area contributed by atoms with Gasteiger partial charge in [0.2, 0.25) is 5.88 Å². The lowest BCUT2D eigenvalue weighted by Gasteiger charge is -1.92. The fourth-order valence-electron chi connectivity index (χ4n) is 2.47. The number of aromatic nitrogens is 1. The molecule has 118 valence electrons. The number of nitrogens with one attached hydrogen (secondary N) is 1. The molecule has 0 radical (unpaired) electrons. The van der Waals surface area contributed by atoms with Gasteiger partial charge in [-0.3, -0.25) is 4.79 Å². The molecular formula is C17H10ClN3O3. The molecule has 0 saturated heterocycles. The van der Waals surface area contributed by atoms with Crippen molar-refractivity contribution in [3.63, 3.8) is 0 Å². The Kier molecular flexibility index (Phi) is 3.32. The molecule has 0 fully saturated rings. The van der Waals surface area contributed by atoms with Crippen LogP contribution < -0.4 is 0 Å². The number of carbonyl (C=O) groups is 1. The van der Waals surface area contributed by atoms with Gasteiger partial charge in [0, 0.05) is 15.8 Å². The molecule has 6 nitrogen and oxygen atoms in total. The number of aromatic hydroxyl groups is 1. The Hall–Kier alpha value is -3.12. The van der Waals surface area contributed by atoms with Crippen molar-refractivity contribution in [2.24, 2.45) is 10.2 Å². The Balaban J connectivity index is 1.70. The Morgan fingerprint density at radius 1 is 1.17 bits per heavy atom. The maximum atomic E-state index is 12.2. The number of amides is 1. The van der Waals surface area contributed by atoms with Gasteiger partial charge < -0.3 is 14.5 Å². The summed E-state index contributed by atoms with van der Waals surface area (Å²) in [6, 6.07) is 13.9. The van der Waals surface area contributed by atoms with Crippen LogP contribution in [0.3, 0.4) is 0 Å². The third kappa shape index (κ3) is 2.43. The minimum atomic E-state index is -0.637. The lowest BCUT2D eigenvalue weighted by molar-refractivity contribution is 0.0970. The molecule has 1 amide bonds. The molecule has 2 aromatic heterocycles. The topological polar surface area (TPSA) is 91.0 Å². The van der Waals surface area contributed by atoms with E-state index in [1.807, 2.05) is 18.2 Å². The molecule has 0 atom stereocenters.